The van der Waals surface area contributed by atoms with Gasteiger partial charge in [0.05, 0.1) is 11.0 Å². The van der Waals surface area contributed by atoms with Gasteiger partial charge in [-0.2, -0.15) is 21.6 Å². The van der Waals surface area contributed by atoms with Crippen LogP contribution in [0.3, 0.4) is 0 Å². The first-order chi connectivity index (χ1) is 14.0. The lowest BCUT2D eigenvalue weighted by Gasteiger charge is -2.16. The summed E-state index contributed by atoms with van der Waals surface area (Å²) in [4.78, 5) is 10.3. The van der Waals surface area contributed by atoms with Crippen molar-refractivity contribution in [1.29, 1.82) is 0 Å². The molecule has 2 aromatic carbocycles. The number of alkyl halides is 3. The summed E-state index contributed by atoms with van der Waals surface area (Å²) in [5, 5.41) is 10.9. The third-order valence-corrected chi connectivity index (χ3v) is 5.61. The Balaban J connectivity index is 2.01. The normalized spacial score (nSPS) is 21.3. The summed E-state index contributed by atoms with van der Waals surface area (Å²) in [7, 11) is -5.84. The van der Waals surface area contributed by atoms with E-state index < -0.39 is 38.5 Å². The van der Waals surface area contributed by atoms with Gasteiger partial charge in [0.1, 0.15) is 11.9 Å². The van der Waals surface area contributed by atoms with Gasteiger partial charge < -0.3 is 8.92 Å². The first-order valence-electron chi connectivity index (χ1n) is 8.65. The second-order valence-electron chi connectivity index (χ2n) is 6.53. The highest BCUT2D eigenvalue weighted by atomic mass is 32.2. The van der Waals surface area contributed by atoms with Gasteiger partial charge in [-0.25, -0.2) is 0 Å². The molecule has 0 bridgehead atoms. The second kappa shape index (κ2) is 8.07. The number of nitro benzene ring substituents is 1. The van der Waals surface area contributed by atoms with Gasteiger partial charge in [-0.15, -0.1) is 0 Å². The molecule has 2 aromatic rings. The molecule has 0 radical (unpaired) electrons. The van der Waals surface area contributed by atoms with Crippen LogP contribution in [0.15, 0.2) is 65.9 Å². The molecule has 160 valence electrons. The molecule has 0 saturated carbocycles. The van der Waals surface area contributed by atoms with Crippen molar-refractivity contribution in [3.8, 4) is 0 Å². The predicted molar refractivity (Wildman–Crippen MR) is 99.5 cm³/mol. The molecule has 2 atom stereocenters. The minimum absolute atomic E-state index is 0.0882. The molecule has 0 aromatic heterocycles. The molecule has 30 heavy (non-hydrogen) atoms. The Morgan fingerprint density at radius 2 is 1.70 bits per heavy atom. The van der Waals surface area contributed by atoms with E-state index >= 15 is 0 Å². The molecule has 0 spiro atoms. The number of rotatable bonds is 5. The molecule has 3 rings (SSSR count). The Hall–Kier alpha value is -2.92. The monoisotopic (exact) mass is 443 g/mol. The lowest BCUT2D eigenvalue weighted by atomic mass is 9.97. The maximum Gasteiger partial charge on any atom is 0.534 e. The molecule has 1 aliphatic rings. The van der Waals surface area contributed by atoms with E-state index in [0.717, 1.165) is 12.5 Å². The third-order valence-electron chi connectivity index (χ3n) is 4.57. The van der Waals surface area contributed by atoms with E-state index in [1.165, 1.54) is 24.3 Å². The summed E-state index contributed by atoms with van der Waals surface area (Å²) in [5.74, 6) is -0.450. The van der Waals surface area contributed by atoms with E-state index in [-0.39, 0.29) is 17.7 Å². The fourth-order valence-corrected chi connectivity index (χ4v) is 3.64. The second-order valence-corrected chi connectivity index (χ2v) is 8.07. The number of hydrogen-bond donors (Lipinski definition) is 0. The molecular formula is C19H16F3NO6S. The van der Waals surface area contributed by atoms with E-state index in [4.69, 9.17) is 4.74 Å². The van der Waals surface area contributed by atoms with E-state index in [9.17, 15) is 31.7 Å². The van der Waals surface area contributed by atoms with Crippen molar-refractivity contribution in [2.24, 2.45) is 0 Å². The predicted octanol–water partition coefficient (Wildman–Crippen LogP) is 4.94. The van der Waals surface area contributed by atoms with Crippen molar-refractivity contribution in [3.63, 3.8) is 0 Å². The van der Waals surface area contributed by atoms with Crippen molar-refractivity contribution < 1.29 is 35.4 Å². The zero-order valence-corrected chi connectivity index (χ0v) is 16.3. The molecule has 11 heteroatoms. The van der Waals surface area contributed by atoms with Crippen LogP contribution in [0.5, 0.6) is 0 Å². The van der Waals surface area contributed by atoms with Gasteiger partial charge in [-0.05, 0) is 30.2 Å². The average Bonchev–Trinajstić information content (AvgIpc) is 3.13. The van der Waals surface area contributed by atoms with Crippen molar-refractivity contribution in [1.82, 2.24) is 0 Å². The quantitative estimate of drug-likeness (QED) is 0.214. The van der Waals surface area contributed by atoms with E-state index in [1.807, 2.05) is 0 Å². The molecular weight excluding hydrogens is 427 g/mol. The number of allylic oxidation sites excluding steroid dienone is 1. The molecule has 0 aliphatic carbocycles. The Kier molecular flexibility index (Phi) is 5.86. The van der Waals surface area contributed by atoms with Gasteiger partial charge in [0.25, 0.3) is 5.69 Å². The standard InChI is InChI=1S/C19H16F3NO6S/c1-12(29-30(26,27)19(20,21)22)16-11-17(13-5-3-2-4-6-13)28-18(16)14-7-9-15(10-8-14)23(24)25/h2-10,17-18H,11H2,1H3/b16-12-. The largest absolute Gasteiger partial charge is 0.534 e. The maximum absolute atomic E-state index is 12.7. The minimum atomic E-state index is -5.84. The van der Waals surface area contributed by atoms with Crippen LogP contribution in [0.25, 0.3) is 0 Å². The lowest BCUT2D eigenvalue weighted by molar-refractivity contribution is -0.384. The smallest absolute Gasteiger partial charge is 0.381 e. The maximum atomic E-state index is 12.7. The van der Waals surface area contributed by atoms with Crippen LogP contribution in [-0.2, 0) is 19.0 Å². The Labute approximate surface area is 170 Å². The Bertz CT molecular complexity index is 1070. The molecule has 7 nitrogen and oxygen atoms in total. The topological polar surface area (TPSA) is 95.7 Å². The van der Waals surface area contributed by atoms with Crippen LogP contribution >= 0.6 is 0 Å². The van der Waals surface area contributed by atoms with Gasteiger partial charge in [-0.3, -0.25) is 10.1 Å². The average molecular weight is 443 g/mol. The summed E-state index contributed by atoms with van der Waals surface area (Å²) < 4.78 is 71.4. The van der Waals surface area contributed by atoms with Crippen LogP contribution in [0.1, 0.15) is 36.7 Å². The Morgan fingerprint density at radius 1 is 1.10 bits per heavy atom. The van der Waals surface area contributed by atoms with E-state index in [2.05, 4.69) is 4.18 Å². The van der Waals surface area contributed by atoms with Crippen LogP contribution in [-0.4, -0.2) is 18.8 Å². The van der Waals surface area contributed by atoms with Gasteiger partial charge in [0, 0.05) is 24.1 Å². The first-order valence-corrected chi connectivity index (χ1v) is 10.1. The van der Waals surface area contributed by atoms with Gasteiger partial charge in [0.2, 0.25) is 0 Å². The fraction of sp³-hybridized carbons (Fsp3) is 0.263. The minimum Gasteiger partial charge on any atom is -0.381 e. The van der Waals surface area contributed by atoms with Crippen LogP contribution in [0.2, 0.25) is 0 Å². The number of benzene rings is 2. The lowest BCUT2D eigenvalue weighted by Crippen LogP contribution is -2.25. The summed E-state index contributed by atoms with van der Waals surface area (Å²) in [6.45, 7) is 1.12. The zero-order chi connectivity index (χ0) is 22.1. The molecule has 1 aliphatic heterocycles. The molecule has 1 heterocycles. The van der Waals surface area contributed by atoms with Crippen molar-refractivity contribution in [3.05, 3.63) is 87.2 Å². The summed E-state index contributed by atoms with van der Waals surface area (Å²) >= 11 is 0. The Morgan fingerprint density at radius 3 is 2.23 bits per heavy atom. The number of ether oxygens (including phenoxy) is 1. The van der Waals surface area contributed by atoms with Crippen molar-refractivity contribution >= 4 is 15.8 Å². The summed E-state index contributed by atoms with van der Waals surface area (Å²) in [6.07, 6.45) is -1.40. The SMILES string of the molecule is C/C(OS(=O)(=O)C(F)(F)F)=C1\CC(c2ccccc2)OC1c1ccc([N+](=O)[O-])cc1. The number of nitro groups is 1. The van der Waals surface area contributed by atoms with Crippen LogP contribution < -0.4 is 0 Å². The fourth-order valence-electron chi connectivity index (χ4n) is 3.11. The molecule has 0 N–H and O–H groups in total. The van der Waals surface area contributed by atoms with Gasteiger partial charge in [-0.1, -0.05) is 30.3 Å². The summed E-state index contributed by atoms with van der Waals surface area (Å²) in [5.41, 5.74) is -4.39. The third kappa shape index (κ3) is 4.46. The van der Waals surface area contributed by atoms with Crippen LogP contribution in [0.4, 0.5) is 18.9 Å². The number of halogens is 3. The summed E-state index contributed by atoms with van der Waals surface area (Å²) in [6, 6.07) is 14.1. The van der Waals surface area contributed by atoms with E-state index in [1.54, 1.807) is 30.3 Å². The number of nitrogens with zero attached hydrogens (tertiary/aromatic N) is 1. The van der Waals surface area contributed by atoms with Crippen molar-refractivity contribution in [2.75, 3.05) is 0 Å². The molecule has 2 unspecified atom stereocenters. The molecule has 1 fully saturated rings. The molecule has 0 amide bonds. The van der Waals surface area contributed by atoms with Crippen LogP contribution in [0, 0.1) is 10.1 Å². The molecule has 1 saturated heterocycles. The van der Waals surface area contributed by atoms with Gasteiger partial charge in [0.15, 0.2) is 0 Å². The number of non-ortho nitro benzene ring substituents is 1. The number of hydrogen-bond acceptors (Lipinski definition) is 6. The van der Waals surface area contributed by atoms with Gasteiger partial charge >= 0.3 is 15.6 Å². The highest BCUT2D eigenvalue weighted by Crippen LogP contribution is 2.47. The van der Waals surface area contributed by atoms with E-state index in [0.29, 0.717) is 5.56 Å². The highest BCUT2D eigenvalue weighted by Gasteiger charge is 2.49. The van der Waals surface area contributed by atoms with Crippen molar-refractivity contribution in [2.45, 2.75) is 31.1 Å². The first kappa shape index (κ1) is 21.8. The highest BCUT2D eigenvalue weighted by molar-refractivity contribution is 7.87. The zero-order valence-electron chi connectivity index (χ0n) is 15.5.